The molecule has 0 radical (unpaired) electrons. The van der Waals surface area contributed by atoms with Crippen LogP contribution in [0.25, 0.3) is 0 Å². The van der Waals surface area contributed by atoms with E-state index in [1.54, 1.807) is 7.05 Å². The molecule has 140 valence electrons. The molecule has 0 aromatic heterocycles. The second-order valence-corrected chi connectivity index (χ2v) is 9.28. The molecule has 0 amide bonds. The molecule has 1 heterocycles. The highest BCUT2D eigenvalue weighted by Gasteiger charge is 2.21. The molecule has 1 fully saturated rings. The first kappa shape index (κ1) is 20.1. The molecule has 1 aliphatic rings. The molecule has 1 aromatic carbocycles. The van der Waals surface area contributed by atoms with Crippen molar-refractivity contribution in [1.29, 1.82) is 0 Å². The van der Waals surface area contributed by atoms with Crippen molar-refractivity contribution in [2.24, 2.45) is 4.99 Å². The van der Waals surface area contributed by atoms with Gasteiger partial charge in [-0.05, 0) is 12.0 Å². The fourth-order valence-corrected chi connectivity index (χ4v) is 4.73. The first-order chi connectivity index (χ1) is 12.0. The lowest BCUT2D eigenvalue weighted by Crippen LogP contribution is -2.49. The SMILES string of the molecule is CCC1CN(C(=NC)NCCS(=O)(=O)NCc2ccccc2)CCS1. The fraction of sp³-hybridized carbons (Fsp3) is 0.588. The lowest BCUT2D eigenvalue weighted by Gasteiger charge is -2.34. The molecule has 2 rings (SSSR count). The topological polar surface area (TPSA) is 73.8 Å². The van der Waals surface area contributed by atoms with E-state index in [1.165, 1.54) is 0 Å². The highest BCUT2D eigenvalue weighted by atomic mass is 32.2. The quantitative estimate of drug-likeness (QED) is 0.551. The number of nitrogens with one attached hydrogen (secondary N) is 2. The summed E-state index contributed by atoms with van der Waals surface area (Å²) in [5.41, 5.74) is 0.950. The first-order valence-corrected chi connectivity index (χ1v) is 11.3. The van der Waals surface area contributed by atoms with Gasteiger partial charge in [0.05, 0.1) is 5.75 Å². The number of thioether (sulfide) groups is 1. The van der Waals surface area contributed by atoms with Crippen molar-refractivity contribution in [3.8, 4) is 0 Å². The molecule has 1 aliphatic heterocycles. The van der Waals surface area contributed by atoms with Crippen LogP contribution in [0.15, 0.2) is 35.3 Å². The summed E-state index contributed by atoms with van der Waals surface area (Å²) in [7, 11) is -1.58. The molecule has 8 heteroatoms. The Bertz CT molecular complexity index is 650. The predicted octanol–water partition coefficient (Wildman–Crippen LogP) is 1.51. The van der Waals surface area contributed by atoms with Gasteiger partial charge in [-0.1, -0.05) is 37.3 Å². The van der Waals surface area contributed by atoms with E-state index in [-0.39, 0.29) is 5.75 Å². The van der Waals surface area contributed by atoms with Crippen LogP contribution in [-0.2, 0) is 16.6 Å². The summed E-state index contributed by atoms with van der Waals surface area (Å²) in [5, 5.41) is 3.80. The molecular formula is C17H28N4O2S2. The fourth-order valence-electron chi connectivity index (χ4n) is 2.65. The molecule has 6 nitrogen and oxygen atoms in total. The Morgan fingerprint density at radius 3 is 2.80 bits per heavy atom. The maximum atomic E-state index is 12.1. The van der Waals surface area contributed by atoms with Gasteiger partial charge in [0, 0.05) is 44.2 Å². The summed E-state index contributed by atoms with van der Waals surface area (Å²) in [6, 6.07) is 9.52. The van der Waals surface area contributed by atoms with Crippen molar-refractivity contribution in [2.75, 3.05) is 38.2 Å². The maximum Gasteiger partial charge on any atom is 0.213 e. The predicted molar refractivity (Wildman–Crippen MR) is 107 cm³/mol. The third kappa shape index (κ3) is 6.87. The molecule has 0 spiro atoms. The Morgan fingerprint density at radius 1 is 1.36 bits per heavy atom. The average Bonchev–Trinajstić information content (AvgIpc) is 2.64. The molecule has 0 aliphatic carbocycles. The maximum absolute atomic E-state index is 12.1. The van der Waals surface area contributed by atoms with Gasteiger partial charge >= 0.3 is 0 Å². The monoisotopic (exact) mass is 384 g/mol. The lowest BCUT2D eigenvalue weighted by molar-refractivity contribution is 0.409. The number of hydrogen-bond acceptors (Lipinski definition) is 4. The minimum absolute atomic E-state index is 0.0264. The van der Waals surface area contributed by atoms with E-state index >= 15 is 0 Å². The van der Waals surface area contributed by atoms with Crippen molar-refractivity contribution in [2.45, 2.75) is 25.1 Å². The van der Waals surface area contributed by atoms with Crippen LogP contribution in [0.1, 0.15) is 18.9 Å². The van der Waals surface area contributed by atoms with Crippen LogP contribution >= 0.6 is 11.8 Å². The standard InChI is InChI=1S/C17H28N4O2S2/c1-3-16-14-21(10-11-24-16)17(18-2)19-9-12-25(22,23)20-13-15-7-5-4-6-8-15/h4-8,16,20H,3,9-14H2,1-2H3,(H,18,19). The zero-order valence-electron chi connectivity index (χ0n) is 14.9. The van der Waals surface area contributed by atoms with E-state index in [1.807, 2.05) is 42.1 Å². The van der Waals surface area contributed by atoms with Crippen molar-refractivity contribution >= 4 is 27.7 Å². The first-order valence-electron chi connectivity index (χ1n) is 8.62. The van der Waals surface area contributed by atoms with Gasteiger partial charge in [-0.3, -0.25) is 4.99 Å². The molecule has 1 unspecified atom stereocenters. The van der Waals surface area contributed by atoms with Gasteiger partial charge in [-0.25, -0.2) is 13.1 Å². The zero-order valence-corrected chi connectivity index (χ0v) is 16.6. The van der Waals surface area contributed by atoms with Crippen LogP contribution < -0.4 is 10.0 Å². The Kier molecular flexibility index (Phi) is 8.05. The summed E-state index contributed by atoms with van der Waals surface area (Å²) in [6.07, 6.45) is 1.13. The smallest absolute Gasteiger partial charge is 0.213 e. The Morgan fingerprint density at radius 2 is 2.12 bits per heavy atom. The Labute approximate surface area is 155 Å². The third-order valence-electron chi connectivity index (χ3n) is 4.10. The van der Waals surface area contributed by atoms with Gasteiger partial charge < -0.3 is 10.2 Å². The minimum atomic E-state index is -3.32. The van der Waals surface area contributed by atoms with Crippen LogP contribution in [-0.4, -0.2) is 62.7 Å². The van der Waals surface area contributed by atoms with Crippen molar-refractivity contribution in [1.82, 2.24) is 14.9 Å². The summed E-state index contributed by atoms with van der Waals surface area (Å²) in [5.74, 6) is 1.89. The number of benzene rings is 1. The van der Waals surface area contributed by atoms with Crippen molar-refractivity contribution in [3.05, 3.63) is 35.9 Å². The molecule has 0 bridgehead atoms. The summed E-state index contributed by atoms with van der Waals surface area (Å²) >= 11 is 2.00. The summed E-state index contributed by atoms with van der Waals surface area (Å²) in [4.78, 5) is 6.52. The molecule has 1 aromatic rings. The van der Waals surface area contributed by atoms with Crippen LogP contribution in [0.5, 0.6) is 0 Å². The van der Waals surface area contributed by atoms with Gasteiger partial charge in [-0.2, -0.15) is 11.8 Å². The average molecular weight is 385 g/mol. The number of sulfonamides is 1. The third-order valence-corrected chi connectivity index (χ3v) is 6.80. The number of guanidine groups is 1. The summed E-state index contributed by atoms with van der Waals surface area (Å²) in [6.45, 7) is 4.76. The Hall–Kier alpha value is -1.25. The lowest BCUT2D eigenvalue weighted by atomic mass is 10.2. The highest BCUT2D eigenvalue weighted by Crippen LogP contribution is 2.20. The highest BCUT2D eigenvalue weighted by molar-refractivity contribution is 8.00. The second kappa shape index (κ2) is 10.0. The minimum Gasteiger partial charge on any atom is -0.355 e. The molecule has 0 saturated carbocycles. The molecule has 2 N–H and O–H groups in total. The van der Waals surface area contributed by atoms with Gasteiger partial charge in [0.2, 0.25) is 10.0 Å². The number of aliphatic imine (C=N–C) groups is 1. The van der Waals surface area contributed by atoms with Crippen molar-refractivity contribution in [3.63, 3.8) is 0 Å². The normalized spacial score (nSPS) is 19.0. The van der Waals surface area contributed by atoms with Crippen LogP contribution in [0.4, 0.5) is 0 Å². The van der Waals surface area contributed by atoms with Crippen LogP contribution in [0.2, 0.25) is 0 Å². The second-order valence-electron chi connectivity index (χ2n) is 5.95. The van der Waals surface area contributed by atoms with E-state index in [4.69, 9.17) is 0 Å². The Balaban J connectivity index is 1.77. The van der Waals surface area contributed by atoms with Crippen molar-refractivity contribution < 1.29 is 8.42 Å². The van der Waals surface area contributed by atoms with Crippen LogP contribution in [0, 0.1) is 0 Å². The molecular weight excluding hydrogens is 356 g/mol. The van der Waals surface area contributed by atoms with E-state index in [0.29, 0.717) is 18.3 Å². The zero-order chi connectivity index (χ0) is 18.1. The van der Waals surface area contributed by atoms with Gasteiger partial charge in [-0.15, -0.1) is 0 Å². The van der Waals surface area contributed by atoms with Crippen LogP contribution in [0.3, 0.4) is 0 Å². The van der Waals surface area contributed by atoms with Gasteiger partial charge in [0.1, 0.15) is 0 Å². The van der Waals surface area contributed by atoms with E-state index in [0.717, 1.165) is 36.8 Å². The largest absolute Gasteiger partial charge is 0.355 e. The van der Waals surface area contributed by atoms with Gasteiger partial charge in [0.15, 0.2) is 5.96 Å². The van der Waals surface area contributed by atoms with E-state index in [9.17, 15) is 8.42 Å². The molecule has 1 atom stereocenters. The number of nitrogens with zero attached hydrogens (tertiary/aromatic N) is 2. The van der Waals surface area contributed by atoms with E-state index < -0.39 is 10.0 Å². The number of rotatable bonds is 7. The molecule has 1 saturated heterocycles. The van der Waals surface area contributed by atoms with Gasteiger partial charge in [0.25, 0.3) is 0 Å². The summed E-state index contributed by atoms with van der Waals surface area (Å²) < 4.78 is 26.9. The van der Waals surface area contributed by atoms with E-state index in [2.05, 4.69) is 26.9 Å². The molecule has 25 heavy (non-hydrogen) atoms. The number of hydrogen-bond donors (Lipinski definition) is 2.